The van der Waals surface area contributed by atoms with Crippen LogP contribution in [0, 0.1) is 10.1 Å². The van der Waals surface area contributed by atoms with E-state index in [2.05, 4.69) is 16.2 Å². The smallest absolute Gasteiger partial charge is 0.401 e. The molecule has 1 aromatic carbocycles. The van der Waals surface area contributed by atoms with Crippen molar-refractivity contribution in [2.24, 2.45) is 0 Å². The number of nitro groups is 1. The number of benzene rings is 1. The molecule has 0 unspecified atom stereocenters. The summed E-state index contributed by atoms with van der Waals surface area (Å²) < 4.78 is 4.87. The van der Waals surface area contributed by atoms with E-state index in [-0.39, 0.29) is 10.9 Å². The predicted octanol–water partition coefficient (Wildman–Crippen LogP) is 2.87. The van der Waals surface area contributed by atoms with E-state index in [0.717, 1.165) is 6.08 Å². The molecule has 2 aromatic rings. The standard InChI is InChI=1S/C14H11ClN4O4S/c15-9-2-1-3-10(8-9)16-14(24)18-17-12(20)6-4-11-5-7-13(23-11)19(21)22/h1-8H,(H,17,20)(H2,16,18,24)/b6-4+. The van der Waals surface area contributed by atoms with Crippen LogP contribution in [-0.2, 0) is 4.79 Å². The molecular formula is C14H11ClN4O4S. The average Bonchev–Trinajstić information content (AvgIpc) is 3.00. The molecule has 0 saturated heterocycles. The monoisotopic (exact) mass is 366 g/mol. The van der Waals surface area contributed by atoms with Gasteiger partial charge in [-0.05, 0) is 42.6 Å². The highest BCUT2D eigenvalue weighted by molar-refractivity contribution is 7.80. The highest BCUT2D eigenvalue weighted by atomic mass is 35.5. The molecule has 2 rings (SSSR count). The number of anilines is 1. The van der Waals surface area contributed by atoms with Crippen molar-refractivity contribution >= 4 is 52.5 Å². The molecule has 1 heterocycles. The summed E-state index contributed by atoms with van der Waals surface area (Å²) in [7, 11) is 0. The van der Waals surface area contributed by atoms with E-state index in [1.165, 1.54) is 18.2 Å². The molecule has 8 nitrogen and oxygen atoms in total. The Hall–Kier alpha value is -2.91. The average molecular weight is 367 g/mol. The summed E-state index contributed by atoms with van der Waals surface area (Å²) in [5, 5.41) is 14.0. The van der Waals surface area contributed by atoms with Gasteiger partial charge in [0.2, 0.25) is 0 Å². The number of hydrogen-bond donors (Lipinski definition) is 3. The maximum absolute atomic E-state index is 11.6. The van der Waals surface area contributed by atoms with Crippen LogP contribution in [0.1, 0.15) is 5.76 Å². The Balaban J connectivity index is 1.80. The maximum Gasteiger partial charge on any atom is 0.433 e. The van der Waals surface area contributed by atoms with Crippen LogP contribution in [0.15, 0.2) is 46.9 Å². The van der Waals surface area contributed by atoms with Crippen molar-refractivity contribution < 1.29 is 14.1 Å². The fourth-order valence-corrected chi connectivity index (χ4v) is 1.94. The van der Waals surface area contributed by atoms with Crippen LogP contribution < -0.4 is 16.2 Å². The van der Waals surface area contributed by atoms with Crippen molar-refractivity contribution in [1.29, 1.82) is 0 Å². The maximum atomic E-state index is 11.6. The van der Waals surface area contributed by atoms with E-state index in [1.54, 1.807) is 24.3 Å². The number of carbonyl (C=O) groups is 1. The van der Waals surface area contributed by atoms with Gasteiger partial charge in [0.25, 0.3) is 5.91 Å². The Kier molecular flexibility index (Phi) is 5.88. The Morgan fingerprint density at radius 3 is 2.75 bits per heavy atom. The highest BCUT2D eigenvalue weighted by Gasteiger charge is 2.10. The second-order valence-corrected chi connectivity index (χ2v) is 5.19. The topological polar surface area (TPSA) is 109 Å². The van der Waals surface area contributed by atoms with E-state index in [4.69, 9.17) is 28.2 Å². The number of hydrazine groups is 1. The molecule has 0 aliphatic heterocycles. The molecule has 24 heavy (non-hydrogen) atoms. The van der Waals surface area contributed by atoms with E-state index in [0.29, 0.717) is 10.7 Å². The van der Waals surface area contributed by atoms with Crippen LogP contribution in [0.5, 0.6) is 0 Å². The predicted molar refractivity (Wildman–Crippen MR) is 93.3 cm³/mol. The summed E-state index contributed by atoms with van der Waals surface area (Å²) in [6.07, 6.45) is 2.43. The van der Waals surface area contributed by atoms with Gasteiger partial charge >= 0.3 is 5.88 Å². The van der Waals surface area contributed by atoms with Crippen LogP contribution in [0.3, 0.4) is 0 Å². The fraction of sp³-hybridized carbons (Fsp3) is 0. The van der Waals surface area contributed by atoms with Crippen LogP contribution in [-0.4, -0.2) is 15.9 Å². The van der Waals surface area contributed by atoms with Gasteiger partial charge in [-0.3, -0.25) is 25.8 Å². The van der Waals surface area contributed by atoms with E-state index >= 15 is 0 Å². The molecule has 0 bridgehead atoms. The third kappa shape index (κ3) is 5.38. The van der Waals surface area contributed by atoms with Gasteiger partial charge in [-0.15, -0.1) is 0 Å². The largest absolute Gasteiger partial charge is 0.433 e. The van der Waals surface area contributed by atoms with Crippen LogP contribution in [0.4, 0.5) is 11.6 Å². The molecule has 0 saturated carbocycles. The first kappa shape index (κ1) is 17.4. The molecule has 0 fully saturated rings. The minimum atomic E-state index is -0.668. The Labute approximate surface area is 146 Å². The zero-order valence-electron chi connectivity index (χ0n) is 12.0. The summed E-state index contributed by atoms with van der Waals surface area (Å²) in [4.78, 5) is 21.4. The molecule has 124 valence electrons. The summed E-state index contributed by atoms with van der Waals surface area (Å²) in [5.74, 6) is -0.749. The van der Waals surface area contributed by atoms with Crippen LogP contribution >= 0.6 is 23.8 Å². The molecule has 0 aliphatic carbocycles. The third-order valence-corrected chi connectivity index (χ3v) is 3.01. The second kappa shape index (κ2) is 8.09. The number of halogens is 1. The minimum Gasteiger partial charge on any atom is -0.401 e. The number of amides is 1. The number of hydrogen-bond acceptors (Lipinski definition) is 5. The van der Waals surface area contributed by atoms with Crippen LogP contribution in [0.2, 0.25) is 5.02 Å². The number of nitrogens with one attached hydrogen (secondary N) is 3. The normalized spacial score (nSPS) is 10.4. The number of furan rings is 1. The number of carbonyl (C=O) groups excluding carboxylic acids is 1. The molecule has 0 radical (unpaired) electrons. The Morgan fingerprint density at radius 2 is 2.08 bits per heavy atom. The molecular weight excluding hydrogens is 356 g/mol. The Bertz CT molecular complexity index is 806. The molecule has 1 amide bonds. The number of rotatable bonds is 4. The molecule has 0 spiro atoms. The molecule has 0 aliphatic rings. The zero-order chi connectivity index (χ0) is 17.5. The first-order valence-electron chi connectivity index (χ1n) is 6.49. The lowest BCUT2D eigenvalue weighted by Gasteiger charge is -2.10. The zero-order valence-corrected chi connectivity index (χ0v) is 13.6. The fourth-order valence-electron chi connectivity index (χ4n) is 1.58. The Morgan fingerprint density at radius 1 is 1.29 bits per heavy atom. The van der Waals surface area contributed by atoms with Gasteiger partial charge in [-0.2, -0.15) is 0 Å². The van der Waals surface area contributed by atoms with Gasteiger partial charge < -0.3 is 9.73 Å². The van der Waals surface area contributed by atoms with Crippen molar-refractivity contribution in [2.75, 3.05) is 5.32 Å². The quantitative estimate of drug-likeness (QED) is 0.330. The highest BCUT2D eigenvalue weighted by Crippen LogP contribution is 2.16. The van der Waals surface area contributed by atoms with Gasteiger partial charge in [0.15, 0.2) is 5.11 Å². The summed E-state index contributed by atoms with van der Waals surface area (Å²) in [5.41, 5.74) is 5.49. The van der Waals surface area contributed by atoms with Gasteiger partial charge in [0.1, 0.15) is 10.7 Å². The lowest BCUT2D eigenvalue weighted by molar-refractivity contribution is -0.402. The van der Waals surface area contributed by atoms with Crippen molar-refractivity contribution in [2.45, 2.75) is 0 Å². The van der Waals surface area contributed by atoms with Crippen molar-refractivity contribution in [1.82, 2.24) is 10.9 Å². The molecule has 3 N–H and O–H groups in total. The SMILES string of the molecule is O=C(/C=C/c1ccc([N+](=O)[O-])o1)NNC(=S)Nc1cccc(Cl)c1. The van der Waals surface area contributed by atoms with Crippen molar-refractivity contribution in [3.05, 3.63) is 63.4 Å². The molecule has 0 atom stereocenters. The summed E-state index contributed by atoms with van der Waals surface area (Å²) >= 11 is 10.9. The lowest BCUT2D eigenvalue weighted by atomic mass is 10.3. The first-order chi connectivity index (χ1) is 11.4. The van der Waals surface area contributed by atoms with E-state index < -0.39 is 16.7 Å². The summed E-state index contributed by atoms with van der Waals surface area (Å²) in [6, 6.07) is 9.46. The van der Waals surface area contributed by atoms with E-state index in [9.17, 15) is 14.9 Å². The van der Waals surface area contributed by atoms with Gasteiger partial charge in [-0.1, -0.05) is 17.7 Å². The third-order valence-electron chi connectivity index (χ3n) is 2.57. The minimum absolute atomic E-state index is 0.160. The second-order valence-electron chi connectivity index (χ2n) is 4.35. The van der Waals surface area contributed by atoms with Crippen LogP contribution in [0.25, 0.3) is 6.08 Å². The first-order valence-corrected chi connectivity index (χ1v) is 7.27. The number of thiocarbonyl (C=S) groups is 1. The number of nitrogens with zero attached hydrogens (tertiary/aromatic N) is 1. The summed E-state index contributed by atoms with van der Waals surface area (Å²) in [6.45, 7) is 0. The van der Waals surface area contributed by atoms with Gasteiger partial charge in [0, 0.05) is 16.8 Å². The molecule has 10 heteroatoms. The van der Waals surface area contributed by atoms with Gasteiger partial charge in [0.05, 0.1) is 6.07 Å². The van der Waals surface area contributed by atoms with Crippen molar-refractivity contribution in [3.8, 4) is 0 Å². The van der Waals surface area contributed by atoms with Crippen molar-refractivity contribution in [3.63, 3.8) is 0 Å². The lowest BCUT2D eigenvalue weighted by Crippen LogP contribution is -2.43. The van der Waals surface area contributed by atoms with Gasteiger partial charge in [-0.25, -0.2) is 0 Å². The van der Waals surface area contributed by atoms with E-state index in [1.807, 2.05) is 0 Å². The molecule has 1 aromatic heterocycles.